The third-order valence-corrected chi connectivity index (χ3v) is 7.68. The van der Waals surface area contributed by atoms with Crippen LogP contribution in [0.1, 0.15) is 31.9 Å². The molecule has 10 heteroatoms. The third kappa shape index (κ3) is 4.66. The molecule has 1 unspecified atom stereocenters. The van der Waals surface area contributed by atoms with E-state index < -0.39 is 40.4 Å². The Bertz CT molecular complexity index is 1690. The fourth-order valence-corrected chi connectivity index (χ4v) is 5.70. The lowest BCUT2D eigenvalue weighted by Gasteiger charge is -2.35. The van der Waals surface area contributed by atoms with Crippen molar-refractivity contribution in [2.75, 3.05) is 23.0 Å². The number of carbonyl (C=O) groups is 4. The van der Waals surface area contributed by atoms with E-state index in [2.05, 4.69) is 0 Å². The Morgan fingerprint density at radius 3 is 2.05 bits per heavy atom. The van der Waals surface area contributed by atoms with E-state index in [0.717, 1.165) is 10.5 Å². The van der Waals surface area contributed by atoms with E-state index >= 15 is 0 Å². The Kier molecular flexibility index (Phi) is 7.86. The van der Waals surface area contributed by atoms with Crippen LogP contribution in [0.5, 0.6) is 5.75 Å². The van der Waals surface area contributed by atoms with Crippen molar-refractivity contribution >= 4 is 52.3 Å². The highest BCUT2D eigenvalue weighted by Gasteiger charge is 2.70. The largest absolute Gasteiger partial charge is 0.507 e. The molecule has 0 aliphatic carbocycles. The standard InChI is InChI=1S/C33H29ClN2O7/c1-5-42-25-17-9-21(10-18-25)28(37)27-29(38)30(39)36(24-13-7-19(3)8-14-24)33(27)26(31(40)43-6-2)20(4)35(32(33)41)23-15-11-22(34)12-16-23/h7-18,37H,5-6H2,1-4H3/b28-27-. The second-order valence-electron chi connectivity index (χ2n) is 9.99. The van der Waals surface area contributed by atoms with Gasteiger partial charge in [-0.2, -0.15) is 0 Å². The van der Waals surface area contributed by atoms with E-state index in [4.69, 9.17) is 21.1 Å². The summed E-state index contributed by atoms with van der Waals surface area (Å²) < 4.78 is 10.9. The van der Waals surface area contributed by atoms with Crippen LogP contribution in [0.25, 0.3) is 5.76 Å². The molecule has 1 atom stereocenters. The molecule has 9 nitrogen and oxygen atoms in total. The fraction of sp³-hybridized carbons (Fsp3) is 0.212. The SMILES string of the molecule is CCOC(=O)C1=C(C)N(c2ccc(Cl)cc2)C(=O)C12/C(=C(\O)c1ccc(OCC)cc1)C(=O)C(=O)N2c1ccc(C)cc1. The van der Waals surface area contributed by atoms with Crippen LogP contribution in [-0.2, 0) is 23.9 Å². The number of nitrogens with zero attached hydrogens (tertiary/aromatic N) is 2. The number of allylic oxidation sites excluding steroid dienone is 1. The monoisotopic (exact) mass is 600 g/mol. The van der Waals surface area contributed by atoms with E-state index in [9.17, 15) is 24.3 Å². The van der Waals surface area contributed by atoms with E-state index in [-0.39, 0.29) is 29.1 Å². The predicted octanol–water partition coefficient (Wildman–Crippen LogP) is 5.55. The Hall–Kier alpha value is -4.89. The lowest BCUT2D eigenvalue weighted by molar-refractivity contribution is -0.140. The molecule has 43 heavy (non-hydrogen) atoms. The molecule has 5 rings (SSSR count). The number of halogens is 1. The van der Waals surface area contributed by atoms with Crippen LogP contribution in [0, 0.1) is 6.92 Å². The maximum absolute atomic E-state index is 14.9. The zero-order valence-corrected chi connectivity index (χ0v) is 24.8. The molecule has 3 aromatic carbocycles. The summed E-state index contributed by atoms with van der Waals surface area (Å²) in [7, 11) is 0. The number of ether oxygens (including phenoxy) is 2. The number of aliphatic hydroxyl groups excluding tert-OH is 1. The minimum Gasteiger partial charge on any atom is -0.507 e. The lowest BCUT2D eigenvalue weighted by Crippen LogP contribution is -2.57. The summed E-state index contributed by atoms with van der Waals surface area (Å²) in [4.78, 5) is 58.9. The Morgan fingerprint density at radius 1 is 0.860 bits per heavy atom. The fourth-order valence-electron chi connectivity index (χ4n) is 5.57. The number of anilines is 2. The van der Waals surface area contributed by atoms with Crippen molar-refractivity contribution in [3.63, 3.8) is 0 Å². The van der Waals surface area contributed by atoms with Crippen LogP contribution >= 0.6 is 11.6 Å². The number of aryl methyl sites for hydroxylation is 1. The van der Waals surface area contributed by atoms with Crippen LogP contribution in [0.3, 0.4) is 0 Å². The number of Topliss-reactive ketones (excluding diaryl/α,β-unsaturated/α-hetero) is 1. The number of hydrogen-bond acceptors (Lipinski definition) is 7. The quantitative estimate of drug-likeness (QED) is 0.164. The van der Waals surface area contributed by atoms with Crippen molar-refractivity contribution in [2.45, 2.75) is 33.2 Å². The normalized spacial score (nSPS) is 19.5. The second-order valence-corrected chi connectivity index (χ2v) is 10.4. The number of benzene rings is 3. The molecular weight excluding hydrogens is 572 g/mol. The van der Waals surface area contributed by atoms with E-state index in [1.165, 1.54) is 24.0 Å². The number of aliphatic hydroxyl groups is 1. The van der Waals surface area contributed by atoms with Crippen LogP contribution < -0.4 is 14.5 Å². The molecule has 1 fully saturated rings. The van der Waals surface area contributed by atoms with Gasteiger partial charge in [0.25, 0.3) is 11.7 Å². The van der Waals surface area contributed by atoms with Crippen LogP contribution in [-0.4, -0.2) is 47.4 Å². The summed E-state index contributed by atoms with van der Waals surface area (Å²) in [6, 6.07) is 19.1. The van der Waals surface area contributed by atoms with Gasteiger partial charge in [0.05, 0.1) is 24.4 Å². The van der Waals surface area contributed by atoms with Gasteiger partial charge in [-0.15, -0.1) is 0 Å². The molecule has 0 bridgehead atoms. The Balaban J connectivity index is 1.87. The first-order chi connectivity index (χ1) is 20.6. The van der Waals surface area contributed by atoms with Gasteiger partial charge >= 0.3 is 11.9 Å². The van der Waals surface area contributed by atoms with Gasteiger partial charge in [0.15, 0.2) is 5.54 Å². The van der Waals surface area contributed by atoms with E-state index in [0.29, 0.717) is 23.1 Å². The second kappa shape index (κ2) is 11.4. The summed E-state index contributed by atoms with van der Waals surface area (Å²) in [5, 5.41) is 12.2. The van der Waals surface area contributed by atoms with Gasteiger partial charge in [-0.3, -0.25) is 24.2 Å². The molecule has 220 valence electrons. The minimum absolute atomic E-state index is 0.0445. The van der Waals surface area contributed by atoms with E-state index in [1.807, 2.05) is 13.8 Å². The molecule has 2 aliphatic heterocycles. The third-order valence-electron chi connectivity index (χ3n) is 7.43. The number of carbonyl (C=O) groups excluding carboxylic acids is 4. The molecule has 3 aromatic rings. The topological polar surface area (TPSA) is 113 Å². The molecule has 0 aromatic heterocycles. The first-order valence-electron chi connectivity index (χ1n) is 13.7. The lowest BCUT2D eigenvalue weighted by atomic mass is 9.80. The van der Waals surface area contributed by atoms with Crippen LogP contribution in [0.15, 0.2) is 89.6 Å². The van der Waals surface area contributed by atoms with Crippen LogP contribution in [0.4, 0.5) is 11.4 Å². The average Bonchev–Trinajstić information content (AvgIpc) is 3.35. The minimum atomic E-state index is -2.39. The molecule has 1 spiro atoms. The van der Waals surface area contributed by atoms with Crippen molar-refractivity contribution in [1.29, 1.82) is 0 Å². The van der Waals surface area contributed by atoms with Crippen molar-refractivity contribution in [3.8, 4) is 5.75 Å². The highest BCUT2D eigenvalue weighted by Crippen LogP contribution is 2.52. The molecule has 1 N–H and O–H groups in total. The Morgan fingerprint density at radius 2 is 1.47 bits per heavy atom. The molecule has 2 amide bonds. The van der Waals surface area contributed by atoms with Gasteiger partial charge in [-0.25, -0.2) is 4.79 Å². The summed E-state index contributed by atoms with van der Waals surface area (Å²) >= 11 is 6.11. The first-order valence-corrected chi connectivity index (χ1v) is 14.1. The number of esters is 1. The average molecular weight is 601 g/mol. The number of amides is 2. The Labute approximate surface area is 253 Å². The summed E-state index contributed by atoms with van der Waals surface area (Å²) in [6.07, 6.45) is 0. The van der Waals surface area contributed by atoms with Crippen molar-refractivity contribution in [2.24, 2.45) is 0 Å². The molecule has 0 saturated carbocycles. The summed E-state index contributed by atoms with van der Waals surface area (Å²) in [5.74, 6) is -4.06. The molecule has 1 saturated heterocycles. The van der Waals surface area contributed by atoms with Crippen molar-refractivity contribution in [3.05, 3.63) is 106 Å². The molecular formula is C33H29ClN2O7. The predicted molar refractivity (Wildman–Crippen MR) is 162 cm³/mol. The number of ketones is 1. The maximum atomic E-state index is 14.9. The number of hydrogen-bond donors (Lipinski definition) is 1. The molecule has 0 radical (unpaired) electrons. The molecule has 2 heterocycles. The number of rotatable bonds is 7. The van der Waals surface area contributed by atoms with Gasteiger partial charge in [-0.05, 0) is 88.4 Å². The van der Waals surface area contributed by atoms with Gasteiger partial charge in [0.2, 0.25) is 0 Å². The first kappa shape index (κ1) is 29.6. The van der Waals surface area contributed by atoms with E-state index in [1.54, 1.807) is 67.6 Å². The van der Waals surface area contributed by atoms with Gasteiger partial charge in [0.1, 0.15) is 11.5 Å². The zero-order chi connectivity index (χ0) is 31.1. The molecule has 2 aliphatic rings. The zero-order valence-electron chi connectivity index (χ0n) is 24.0. The van der Waals surface area contributed by atoms with Gasteiger partial charge in [0, 0.05) is 27.7 Å². The highest BCUT2D eigenvalue weighted by atomic mass is 35.5. The van der Waals surface area contributed by atoms with Crippen molar-refractivity contribution in [1.82, 2.24) is 0 Å². The van der Waals surface area contributed by atoms with Crippen molar-refractivity contribution < 1.29 is 33.8 Å². The highest BCUT2D eigenvalue weighted by molar-refractivity contribution is 6.56. The van der Waals surface area contributed by atoms with Gasteiger partial charge < -0.3 is 14.6 Å². The summed E-state index contributed by atoms with van der Waals surface area (Å²) in [5.41, 5.74) is -1.55. The summed E-state index contributed by atoms with van der Waals surface area (Å²) in [6.45, 7) is 7.16. The van der Waals surface area contributed by atoms with Gasteiger partial charge in [-0.1, -0.05) is 29.3 Å². The maximum Gasteiger partial charge on any atom is 0.339 e. The van der Waals surface area contributed by atoms with Crippen LogP contribution in [0.2, 0.25) is 5.02 Å². The smallest absolute Gasteiger partial charge is 0.339 e.